The number of likely N-dealkylation sites (N-methyl/N-ethyl adjacent to an activating group) is 1. The maximum absolute atomic E-state index is 12.5. The standard InChI is InChI=1S/C20H23NO4/c1-15(25-14-17-11-7-4-8-12-17)19(22)21(2)18(20(23)24)13-16-9-5-3-6-10-16/h3-12,15,18H,13-14H2,1-2H3,(H,23,24). The van der Waals surface area contributed by atoms with Gasteiger partial charge in [0, 0.05) is 13.5 Å². The summed E-state index contributed by atoms with van der Waals surface area (Å²) in [6.07, 6.45) is -0.466. The van der Waals surface area contributed by atoms with E-state index in [0.29, 0.717) is 6.61 Å². The van der Waals surface area contributed by atoms with Crippen LogP contribution in [0.5, 0.6) is 0 Å². The monoisotopic (exact) mass is 341 g/mol. The van der Waals surface area contributed by atoms with Gasteiger partial charge in [-0.1, -0.05) is 60.7 Å². The van der Waals surface area contributed by atoms with E-state index in [9.17, 15) is 14.7 Å². The van der Waals surface area contributed by atoms with Gasteiger partial charge in [0.25, 0.3) is 5.91 Å². The minimum Gasteiger partial charge on any atom is -0.480 e. The van der Waals surface area contributed by atoms with E-state index in [2.05, 4.69) is 0 Å². The van der Waals surface area contributed by atoms with Crippen LogP contribution in [-0.4, -0.2) is 41.1 Å². The SMILES string of the molecule is CC(OCc1ccccc1)C(=O)N(C)C(Cc1ccccc1)C(=O)O. The normalized spacial score (nSPS) is 13.0. The van der Waals surface area contributed by atoms with Crippen molar-refractivity contribution < 1.29 is 19.4 Å². The fourth-order valence-corrected chi connectivity index (χ4v) is 2.53. The maximum atomic E-state index is 12.5. The lowest BCUT2D eigenvalue weighted by Crippen LogP contribution is -2.47. The number of carboxylic acid groups (broad SMARTS) is 1. The largest absolute Gasteiger partial charge is 0.480 e. The molecule has 1 amide bonds. The molecule has 0 saturated carbocycles. The van der Waals surface area contributed by atoms with Crippen LogP contribution in [0.4, 0.5) is 0 Å². The van der Waals surface area contributed by atoms with E-state index in [1.165, 1.54) is 11.9 Å². The van der Waals surface area contributed by atoms with Crippen LogP contribution in [0.15, 0.2) is 60.7 Å². The molecule has 0 aliphatic rings. The number of carboxylic acids is 1. The Hall–Kier alpha value is -2.66. The van der Waals surface area contributed by atoms with Crippen LogP contribution < -0.4 is 0 Å². The van der Waals surface area contributed by atoms with Crippen LogP contribution >= 0.6 is 0 Å². The molecule has 0 heterocycles. The Labute approximate surface area is 147 Å². The van der Waals surface area contributed by atoms with Gasteiger partial charge in [-0.15, -0.1) is 0 Å². The number of hydrogen-bond donors (Lipinski definition) is 1. The summed E-state index contributed by atoms with van der Waals surface area (Å²) in [7, 11) is 1.51. The third-order valence-corrected chi connectivity index (χ3v) is 4.06. The molecule has 132 valence electrons. The van der Waals surface area contributed by atoms with Crippen LogP contribution in [0.3, 0.4) is 0 Å². The van der Waals surface area contributed by atoms with Gasteiger partial charge in [-0.3, -0.25) is 4.79 Å². The van der Waals surface area contributed by atoms with Crippen molar-refractivity contribution in [2.75, 3.05) is 7.05 Å². The van der Waals surface area contributed by atoms with Crippen LogP contribution in [0.2, 0.25) is 0 Å². The number of carbonyl (C=O) groups excluding carboxylic acids is 1. The van der Waals surface area contributed by atoms with Crippen LogP contribution in [0.1, 0.15) is 18.1 Å². The van der Waals surface area contributed by atoms with Crippen LogP contribution in [0.25, 0.3) is 0 Å². The van der Waals surface area contributed by atoms with Crippen molar-refractivity contribution in [1.29, 1.82) is 0 Å². The number of ether oxygens (including phenoxy) is 1. The molecule has 0 aromatic heterocycles. The first-order chi connectivity index (χ1) is 12.0. The molecule has 0 aliphatic carbocycles. The smallest absolute Gasteiger partial charge is 0.326 e. The highest BCUT2D eigenvalue weighted by atomic mass is 16.5. The molecule has 0 spiro atoms. The van der Waals surface area contributed by atoms with Crippen molar-refractivity contribution in [2.45, 2.75) is 32.1 Å². The molecule has 5 heteroatoms. The first kappa shape index (κ1) is 18.7. The number of rotatable bonds is 8. The van der Waals surface area contributed by atoms with Gasteiger partial charge >= 0.3 is 5.97 Å². The third kappa shape index (κ3) is 5.43. The van der Waals surface area contributed by atoms with E-state index in [1.807, 2.05) is 60.7 Å². The fraction of sp³-hybridized carbons (Fsp3) is 0.300. The fourth-order valence-electron chi connectivity index (χ4n) is 2.53. The second-order valence-corrected chi connectivity index (χ2v) is 5.93. The highest BCUT2D eigenvalue weighted by Crippen LogP contribution is 2.12. The lowest BCUT2D eigenvalue weighted by molar-refractivity contribution is -0.154. The van der Waals surface area contributed by atoms with Gasteiger partial charge in [-0.2, -0.15) is 0 Å². The van der Waals surface area contributed by atoms with E-state index in [4.69, 9.17) is 4.74 Å². The van der Waals surface area contributed by atoms with Crippen LogP contribution in [0, 0.1) is 0 Å². The summed E-state index contributed by atoms with van der Waals surface area (Å²) in [4.78, 5) is 25.4. The van der Waals surface area contributed by atoms with E-state index in [0.717, 1.165) is 11.1 Å². The molecule has 2 aromatic carbocycles. The Bertz CT molecular complexity index is 687. The van der Waals surface area contributed by atoms with Gasteiger partial charge in [-0.25, -0.2) is 4.79 Å². The summed E-state index contributed by atoms with van der Waals surface area (Å²) in [6.45, 7) is 1.95. The summed E-state index contributed by atoms with van der Waals surface area (Å²) < 4.78 is 5.61. The summed E-state index contributed by atoms with van der Waals surface area (Å²) in [5.74, 6) is -1.38. The highest BCUT2D eigenvalue weighted by Gasteiger charge is 2.29. The van der Waals surface area contributed by atoms with Crippen molar-refractivity contribution in [2.24, 2.45) is 0 Å². The van der Waals surface area contributed by atoms with Gasteiger partial charge < -0.3 is 14.7 Å². The third-order valence-electron chi connectivity index (χ3n) is 4.06. The minimum atomic E-state index is -1.03. The predicted octanol–water partition coefficient (Wildman–Crippen LogP) is 2.75. The number of aliphatic carboxylic acids is 1. The Morgan fingerprint density at radius 2 is 1.52 bits per heavy atom. The molecule has 2 rings (SSSR count). The molecule has 25 heavy (non-hydrogen) atoms. The highest BCUT2D eigenvalue weighted by molar-refractivity contribution is 5.86. The second kappa shape index (κ2) is 8.99. The molecule has 2 unspecified atom stereocenters. The van der Waals surface area contributed by atoms with Crippen molar-refractivity contribution in [3.63, 3.8) is 0 Å². The maximum Gasteiger partial charge on any atom is 0.326 e. The molecule has 0 fully saturated rings. The molecule has 0 saturated heterocycles. The van der Waals surface area contributed by atoms with Gasteiger partial charge in [0.1, 0.15) is 12.1 Å². The van der Waals surface area contributed by atoms with Crippen molar-refractivity contribution >= 4 is 11.9 Å². The van der Waals surface area contributed by atoms with Gasteiger partial charge in [0.15, 0.2) is 0 Å². The summed E-state index contributed by atoms with van der Waals surface area (Å²) >= 11 is 0. The van der Waals surface area contributed by atoms with E-state index >= 15 is 0 Å². The van der Waals surface area contributed by atoms with E-state index < -0.39 is 18.1 Å². The quantitative estimate of drug-likeness (QED) is 0.802. The lowest BCUT2D eigenvalue weighted by atomic mass is 10.0. The predicted molar refractivity (Wildman–Crippen MR) is 95.0 cm³/mol. The zero-order valence-corrected chi connectivity index (χ0v) is 14.5. The summed E-state index contributed by atoms with van der Waals surface area (Å²) in [5, 5.41) is 9.51. The Morgan fingerprint density at radius 1 is 1.00 bits per heavy atom. The van der Waals surface area contributed by atoms with Gasteiger partial charge in [-0.05, 0) is 18.1 Å². The van der Waals surface area contributed by atoms with Crippen molar-refractivity contribution in [3.05, 3.63) is 71.8 Å². The van der Waals surface area contributed by atoms with E-state index in [1.54, 1.807) is 6.92 Å². The molecule has 2 aromatic rings. The number of carbonyl (C=O) groups is 2. The topological polar surface area (TPSA) is 66.8 Å². The lowest BCUT2D eigenvalue weighted by Gasteiger charge is -2.27. The Kier molecular flexibility index (Phi) is 6.71. The molecule has 0 bridgehead atoms. The second-order valence-electron chi connectivity index (χ2n) is 5.93. The number of hydrogen-bond acceptors (Lipinski definition) is 3. The molecule has 0 aliphatic heterocycles. The summed E-state index contributed by atoms with van der Waals surface area (Å²) in [6, 6.07) is 17.9. The van der Waals surface area contributed by atoms with Gasteiger partial charge in [0.05, 0.1) is 6.61 Å². The molecule has 1 N–H and O–H groups in total. The average molecular weight is 341 g/mol. The van der Waals surface area contributed by atoms with Crippen LogP contribution in [-0.2, 0) is 27.4 Å². The average Bonchev–Trinajstić information content (AvgIpc) is 2.64. The first-order valence-corrected chi connectivity index (χ1v) is 8.18. The van der Waals surface area contributed by atoms with Crippen molar-refractivity contribution in [1.82, 2.24) is 4.90 Å². The zero-order chi connectivity index (χ0) is 18.2. The minimum absolute atomic E-state index is 0.254. The Balaban J connectivity index is 1.98. The van der Waals surface area contributed by atoms with Crippen molar-refractivity contribution in [3.8, 4) is 0 Å². The van der Waals surface area contributed by atoms with Gasteiger partial charge in [0.2, 0.25) is 0 Å². The van der Waals surface area contributed by atoms with E-state index in [-0.39, 0.29) is 12.3 Å². The zero-order valence-electron chi connectivity index (χ0n) is 14.5. The first-order valence-electron chi connectivity index (χ1n) is 8.18. The summed E-state index contributed by atoms with van der Waals surface area (Å²) in [5.41, 5.74) is 1.83. The number of benzene rings is 2. The molecular weight excluding hydrogens is 318 g/mol. The Morgan fingerprint density at radius 3 is 2.04 bits per heavy atom. The number of nitrogens with zero attached hydrogens (tertiary/aromatic N) is 1. The number of amides is 1. The molecule has 0 radical (unpaired) electrons. The molecular formula is C20H23NO4. The molecule has 2 atom stereocenters. The molecule has 5 nitrogen and oxygen atoms in total.